The molecular formula is C16H11ClF3NO2. The topological polar surface area (TPSA) is 49.3 Å². The second-order valence-corrected chi connectivity index (χ2v) is 5.94. The average Bonchev–Trinajstić information content (AvgIpc) is 2.69. The molecule has 3 rings (SSSR count). The Morgan fingerprint density at radius 1 is 1.13 bits per heavy atom. The van der Waals surface area contributed by atoms with Crippen molar-refractivity contribution in [3.05, 3.63) is 58.1 Å². The molecular weight excluding hydrogens is 331 g/mol. The minimum absolute atomic E-state index is 0.0849. The summed E-state index contributed by atoms with van der Waals surface area (Å²) in [6, 6.07) is 7.36. The van der Waals surface area contributed by atoms with Crippen LogP contribution in [0.2, 0.25) is 5.02 Å². The molecule has 0 unspecified atom stereocenters. The van der Waals surface area contributed by atoms with Crippen LogP contribution in [0.1, 0.15) is 23.6 Å². The van der Waals surface area contributed by atoms with E-state index in [1.54, 1.807) is 6.92 Å². The van der Waals surface area contributed by atoms with E-state index in [2.05, 4.69) is 5.32 Å². The van der Waals surface area contributed by atoms with Crippen LogP contribution < -0.4 is 5.32 Å². The lowest BCUT2D eigenvalue weighted by atomic mass is 9.76. The van der Waals surface area contributed by atoms with Crippen molar-refractivity contribution in [3.63, 3.8) is 0 Å². The second-order valence-electron chi connectivity index (χ2n) is 5.50. The van der Waals surface area contributed by atoms with Crippen molar-refractivity contribution in [2.24, 2.45) is 0 Å². The summed E-state index contributed by atoms with van der Waals surface area (Å²) >= 11 is 5.79. The van der Waals surface area contributed by atoms with E-state index in [1.807, 2.05) is 0 Å². The quantitative estimate of drug-likeness (QED) is 0.811. The molecule has 1 heterocycles. The van der Waals surface area contributed by atoms with Gasteiger partial charge in [-0.2, -0.15) is 13.2 Å². The van der Waals surface area contributed by atoms with E-state index in [0.29, 0.717) is 10.6 Å². The van der Waals surface area contributed by atoms with Crippen LogP contribution in [0.15, 0.2) is 36.4 Å². The number of nitrogens with one attached hydrogen (secondary N) is 1. The first-order valence-corrected chi connectivity index (χ1v) is 7.04. The first-order valence-electron chi connectivity index (χ1n) is 6.66. The summed E-state index contributed by atoms with van der Waals surface area (Å²) in [6.45, 7) is 1.55. The zero-order valence-corrected chi connectivity index (χ0v) is 12.6. The van der Waals surface area contributed by atoms with Crippen LogP contribution in [0.5, 0.6) is 5.75 Å². The molecule has 0 saturated carbocycles. The van der Waals surface area contributed by atoms with Gasteiger partial charge in [-0.25, -0.2) is 0 Å². The number of rotatable bonds is 1. The van der Waals surface area contributed by atoms with Gasteiger partial charge in [0.2, 0.25) is 5.91 Å². The molecule has 0 aliphatic carbocycles. The smallest absolute Gasteiger partial charge is 0.416 e. The van der Waals surface area contributed by atoms with Gasteiger partial charge in [-0.15, -0.1) is 0 Å². The number of amides is 1. The summed E-state index contributed by atoms with van der Waals surface area (Å²) in [7, 11) is 0. The molecule has 0 fully saturated rings. The molecule has 1 aliphatic heterocycles. The van der Waals surface area contributed by atoms with E-state index in [9.17, 15) is 23.1 Å². The van der Waals surface area contributed by atoms with Crippen molar-refractivity contribution >= 4 is 23.2 Å². The highest BCUT2D eigenvalue weighted by molar-refractivity contribution is 6.30. The molecule has 0 radical (unpaired) electrons. The second kappa shape index (κ2) is 4.89. The average molecular weight is 342 g/mol. The normalized spacial score (nSPS) is 20.3. The van der Waals surface area contributed by atoms with E-state index in [1.165, 1.54) is 24.3 Å². The zero-order chi connectivity index (χ0) is 17.0. The lowest BCUT2D eigenvalue weighted by Crippen LogP contribution is -2.32. The number of hydrogen-bond donors (Lipinski definition) is 2. The Hall–Kier alpha value is -2.21. The Morgan fingerprint density at radius 3 is 2.39 bits per heavy atom. The molecule has 1 atom stereocenters. The number of anilines is 1. The molecule has 120 valence electrons. The molecule has 0 bridgehead atoms. The molecule has 0 saturated heterocycles. The van der Waals surface area contributed by atoms with E-state index in [0.717, 1.165) is 12.1 Å². The van der Waals surface area contributed by atoms with Crippen molar-refractivity contribution in [1.29, 1.82) is 0 Å². The Morgan fingerprint density at radius 2 is 1.78 bits per heavy atom. The molecule has 7 heteroatoms. The fourth-order valence-corrected chi connectivity index (χ4v) is 2.99. The van der Waals surface area contributed by atoms with Gasteiger partial charge in [0, 0.05) is 16.3 Å². The summed E-state index contributed by atoms with van der Waals surface area (Å²) in [5.41, 5.74) is -1.41. The van der Waals surface area contributed by atoms with Crippen molar-refractivity contribution in [1.82, 2.24) is 0 Å². The molecule has 3 nitrogen and oxygen atoms in total. The van der Waals surface area contributed by atoms with Gasteiger partial charge >= 0.3 is 6.18 Å². The first kappa shape index (κ1) is 15.7. The van der Waals surface area contributed by atoms with Gasteiger partial charge in [-0.1, -0.05) is 23.7 Å². The standard InChI is InChI=1S/C16H11ClF3NO2/c1-15(11-5-3-9(17)7-13(11)22)10-4-2-8(16(18,19)20)6-12(10)21-14(15)23/h2-7,22H,1H3,(H,21,23)/t15-/m1/s1. The Balaban J connectivity index is 2.18. The van der Waals surface area contributed by atoms with Crippen LogP contribution >= 0.6 is 11.6 Å². The number of benzene rings is 2. The predicted molar refractivity (Wildman–Crippen MR) is 79.6 cm³/mol. The van der Waals surface area contributed by atoms with E-state index in [-0.39, 0.29) is 17.0 Å². The van der Waals surface area contributed by atoms with Gasteiger partial charge < -0.3 is 10.4 Å². The molecule has 0 spiro atoms. The Labute approximate surface area is 134 Å². The monoisotopic (exact) mass is 341 g/mol. The van der Waals surface area contributed by atoms with Gasteiger partial charge in [-0.3, -0.25) is 4.79 Å². The van der Waals surface area contributed by atoms with Crippen LogP contribution in [-0.2, 0) is 16.4 Å². The van der Waals surface area contributed by atoms with Crippen LogP contribution in [0, 0.1) is 0 Å². The first-order chi connectivity index (χ1) is 10.6. The highest BCUT2D eigenvalue weighted by atomic mass is 35.5. The Bertz CT molecular complexity index is 819. The van der Waals surface area contributed by atoms with E-state index < -0.39 is 23.1 Å². The van der Waals surface area contributed by atoms with Gasteiger partial charge in [0.1, 0.15) is 11.2 Å². The van der Waals surface area contributed by atoms with Crippen LogP contribution in [0.3, 0.4) is 0 Å². The molecule has 0 aromatic heterocycles. The fraction of sp³-hybridized carbons (Fsp3) is 0.188. The summed E-state index contributed by atoms with van der Waals surface area (Å²) < 4.78 is 38.4. The van der Waals surface area contributed by atoms with Crippen LogP contribution in [-0.4, -0.2) is 11.0 Å². The number of halogens is 4. The molecule has 23 heavy (non-hydrogen) atoms. The van der Waals surface area contributed by atoms with Crippen LogP contribution in [0.25, 0.3) is 0 Å². The maximum atomic E-state index is 12.8. The summed E-state index contributed by atoms with van der Waals surface area (Å²) in [6.07, 6.45) is -4.50. The Kier molecular flexibility index (Phi) is 3.33. The van der Waals surface area contributed by atoms with Gasteiger partial charge in [0.25, 0.3) is 0 Å². The van der Waals surface area contributed by atoms with E-state index in [4.69, 9.17) is 11.6 Å². The van der Waals surface area contributed by atoms with Crippen LogP contribution in [0.4, 0.5) is 18.9 Å². The third-order valence-electron chi connectivity index (χ3n) is 4.09. The number of hydrogen-bond acceptors (Lipinski definition) is 2. The number of phenols is 1. The number of alkyl halides is 3. The third kappa shape index (κ3) is 2.34. The minimum Gasteiger partial charge on any atom is -0.508 e. The zero-order valence-electron chi connectivity index (χ0n) is 11.8. The van der Waals surface area contributed by atoms with Crippen molar-refractivity contribution in [3.8, 4) is 5.75 Å². The van der Waals surface area contributed by atoms with Gasteiger partial charge in [0.05, 0.1) is 5.56 Å². The predicted octanol–water partition coefficient (Wildman–Crippen LogP) is 4.32. The fourth-order valence-electron chi connectivity index (χ4n) is 2.82. The lowest BCUT2D eigenvalue weighted by molar-refractivity contribution is -0.137. The summed E-state index contributed by atoms with van der Waals surface area (Å²) in [5.74, 6) is -0.702. The van der Waals surface area contributed by atoms with Crippen molar-refractivity contribution < 1.29 is 23.1 Å². The molecule has 2 N–H and O–H groups in total. The molecule has 1 amide bonds. The largest absolute Gasteiger partial charge is 0.508 e. The maximum Gasteiger partial charge on any atom is 0.416 e. The molecule has 1 aliphatic rings. The number of aromatic hydroxyl groups is 1. The summed E-state index contributed by atoms with van der Waals surface area (Å²) in [4.78, 5) is 12.4. The molecule has 2 aromatic rings. The number of carbonyl (C=O) groups is 1. The minimum atomic E-state index is -4.50. The lowest BCUT2D eigenvalue weighted by Gasteiger charge is -2.24. The van der Waals surface area contributed by atoms with E-state index >= 15 is 0 Å². The molecule has 2 aromatic carbocycles. The highest BCUT2D eigenvalue weighted by Crippen LogP contribution is 2.47. The highest BCUT2D eigenvalue weighted by Gasteiger charge is 2.46. The van der Waals surface area contributed by atoms with Gasteiger partial charge in [0.15, 0.2) is 0 Å². The van der Waals surface area contributed by atoms with Gasteiger partial charge in [-0.05, 0) is 36.8 Å². The number of fused-ring (bicyclic) bond motifs is 1. The summed E-state index contributed by atoms with van der Waals surface area (Å²) in [5, 5.41) is 12.8. The maximum absolute atomic E-state index is 12.8. The van der Waals surface area contributed by atoms with Crippen molar-refractivity contribution in [2.45, 2.75) is 18.5 Å². The number of carbonyl (C=O) groups excluding carboxylic acids is 1. The SMILES string of the molecule is C[C@@]1(c2ccc(Cl)cc2O)C(=O)Nc2cc(C(F)(F)F)ccc21. The third-order valence-corrected chi connectivity index (χ3v) is 4.32. The number of phenolic OH excluding ortho intramolecular Hbond substituents is 1. The van der Waals surface area contributed by atoms with Crippen molar-refractivity contribution in [2.75, 3.05) is 5.32 Å².